The standard InChI is InChI=1S/C22H31N3O5S2/c1-13-8-9-19(12-20(13)25-31(7,27)28)24-21(26)10-11-23-32(29,30)22-17(5)15(3)14(2)16(4)18(22)6/h8-9,12,23,25H,10-11H2,1-7H3,(H,24,26). The Hall–Kier alpha value is -2.43. The highest BCUT2D eigenvalue weighted by Gasteiger charge is 2.23. The second-order valence-corrected chi connectivity index (χ2v) is 11.5. The van der Waals surface area contributed by atoms with Gasteiger partial charge in [0.05, 0.1) is 16.8 Å². The topological polar surface area (TPSA) is 121 Å². The number of aryl methyl sites for hydroxylation is 1. The van der Waals surface area contributed by atoms with Crippen LogP contribution in [0.5, 0.6) is 0 Å². The zero-order chi connectivity index (χ0) is 24.4. The van der Waals surface area contributed by atoms with Gasteiger partial charge >= 0.3 is 0 Å². The zero-order valence-electron chi connectivity index (χ0n) is 19.5. The third kappa shape index (κ3) is 6.08. The highest BCUT2D eigenvalue weighted by atomic mass is 32.2. The van der Waals surface area contributed by atoms with E-state index in [-0.39, 0.29) is 17.9 Å². The predicted molar refractivity (Wildman–Crippen MR) is 128 cm³/mol. The van der Waals surface area contributed by atoms with E-state index in [2.05, 4.69) is 14.8 Å². The van der Waals surface area contributed by atoms with Gasteiger partial charge in [0.15, 0.2) is 0 Å². The average Bonchev–Trinajstić information content (AvgIpc) is 2.66. The molecule has 8 nitrogen and oxygen atoms in total. The Bertz CT molecular complexity index is 1240. The molecule has 0 atom stereocenters. The Morgan fingerprint density at radius 3 is 1.91 bits per heavy atom. The summed E-state index contributed by atoms with van der Waals surface area (Å²) in [5.74, 6) is -0.397. The maximum absolute atomic E-state index is 12.9. The molecule has 0 spiro atoms. The normalized spacial score (nSPS) is 12.0. The van der Waals surface area contributed by atoms with Crippen molar-refractivity contribution in [2.45, 2.75) is 52.9 Å². The Morgan fingerprint density at radius 1 is 0.844 bits per heavy atom. The van der Waals surface area contributed by atoms with Gasteiger partial charge in [-0.15, -0.1) is 0 Å². The predicted octanol–water partition coefficient (Wildman–Crippen LogP) is 3.22. The molecular weight excluding hydrogens is 450 g/mol. The quantitative estimate of drug-likeness (QED) is 0.534. The molecule has 0 aliphatic heterocycles. The van der Waals surface area contributed by atoms with E-state index in [1.54, 1.807) is 32.9 Å². The number of anilines is 2. The van der Waals surface area contributed by atoms with Crippen molar-refractivity contribution < 1.29 is 21.6 Å². The van der Waals surface area contributed by atoms with Crippen molar-refractivity contribution in [3.05, 3.63) is 51.6 Å². The van der Waals surface area contributed by atoms with Crippen LogP contribution >= 0.6 is 0 Å². The minimum Gasteiger partial charge on any atom is -0.326 e. The number of rotatable bonds is 8. The van der Waals surface area contributed by atoms with Gasteiger partial charge in [-0.05, 0) is 87.1 Å². The van der Waals surface area contributed by atoms with Crippen molar-refractivity contribution in [2.75, 3.05) is 22.8 Å². The fourth-order valence-electron chi connectivity index (χ4n) is 3.47. The molecule has 2 aromatic rings. The number of benzene rings is 2. The number of hydrogen-bond acceptors (Lipinski definition) is 5. The van der Waals surface area contributed by atoms with E-state index in [4.69, 9.17) is 0 Å². The van der Waals surface area contributed by atoms with Crippen LogP contribution in [-0.2, 0) is 24.8 Å². The lowest BCUT2D eigenvalue weighted by Gasteiger charge is -2.19. The minimum atomic E-state index is -3.79. The number of carbonyl (C=O) groups excluding carboxylic acids is 1. The van der Waals surface area contributed by atoms with Gasteiger partial charge in [0, 0.05) is 18.7 Å². The summed E-state index contributed by atoms with van der Waals surface area (Å²) in [7, 11) is -7.25. The number of nitrogens with one attached hydrogen (secondary N) is 3. The molecule has 2 rings (SSSR count). The van der Waals surface area contributed by atoms with Gasteiger partial charge in [-0.2, -0.15) is 0 Å². The van der Waals surface area contributed by atoms with Crippen LogP contribution in [-0.4, -0.2) is 35.5 Å². The number of sulfonamides is 2. The Balaban J connectivity index is 2.09. The van der Waals surface area contributed by atoms with Crippen LogP contribution in [0.15, 0.2) is 23.1 Å². The van der Waals surface area contributed by atoms with E-state index in [1.807, 2.05) is 20.8 Å². The Morgan fingerprint density at radius 2 is 1.38 bits per heavy atom. The molecule has 0 radical (unpaired) electrons. The molecule has 0 aliphatic rings. The second-order valence-electron chi connectivity index (χ2n) is 8.05. The molecule has 0 saturated heterocycles. The highest BCUT2D eigenvalue weighted by Crippen LogP contribution is 2.29. The summed E-state index contributed by atoms with van der Waals surface area (Å²) in [5.41, 5.74) is 5.82. The van der Waals surface area contributed by atoms with Crippen LogP contribution in [0.4, 0.5) is 11.4 Å². The van der Waals surface area contributed by atoms with Crippen molar-refractivity contribution in [3.8, 4) is 0 Å². The molecule has 0 saturated carbocycles. The first-order chi connectivity index (χ1) is 14.6. The summed E-state index contributed by atoms with van der Waals surface area (Å²) in [5, 5.41) is 2.66. The molecule has 0 heterocycles. The molecule has 1 amide bonds. The molecule has 0 aromatic heterocycles. The first kappa shape index (κ1) is 25.8. The number of hydrogen-bond donors (Lipinski definition) is 3. The summed E-state index contributed by atoms with van der Waals surface area (Å²) in [4.78, 5) is 12.6. The first-order valence-corrected chi connectivity index (χ1v) is 13.5. The Labute approximate surface area is 190 Å². The number of amides is 1. The summed E-state index contributed by atoms with van der Waals surface area (Å²) < 4.78 is 53.8. The molecule has 32 heavy (non-hydrogen) atoms. The minimum absolute atomic E-state index is 0.0701. The number of carbonyl (C=O) groups is 1. The van der Waals surface area contributed by atoms with Crippen molar-refractivity contribution in [1.29, 1.82) is 0 Å². The van der Waals surface area contributed by atoms with Gasteiger partial charge in [-0.1, -0.05) is 6.07 Å². The van der Waals surface area contributed by atoms with E-state index >= 15 is 0 Å². The molecule has 176 valence electrons. The maximum atomic E-state index is 12.9. The van der Waals surface area contributed by atoms with Gasteiger partial charge in [0.25, 0.3) is 0 Å². The van der Waals surface area contributed by atoms with Crippen LogP contribution in [0.2, 0.25) is 0 Å². The van der Waals surface area contributed by atoms with E-state index in [0.29, 0.717) is 28.1 Å². The van der Waals surface area contributed by atoms with Crippen LogP contribution in [0.25, 0.3) is 0 Å². The molecule has 0 unspecified atom stereocenters. The lowest BCUT2D eigenvalue weighted by atomic mass is 9.95. The van der Waals surface area contributed by atoms with Crippen molar-refractivity contribution >= 4 is 37.3 Å². The fourth-order valence-corrected chi connectivity index (χ4v) is 5.72. The lowest BCUT2D eigenvalue weighted by molar-refractivity contribution is -0.116. The van der Waals surface area contributed by atoms with Gasteiger partial charge in [-0.25, -0.2) is 21.6 Å². The Kier molecular flexibility index (Phi) is 7.75. The van der Waals surface area contributed by atoms with E-state index in [0.717, 1.165) is 22.9 Å². The van der Waals surface area contributed by atoms with E-state index < -0.39 is 26.0 Å². The average molecular weight is 482 g/mol. The van der Waals surface area contributed by atoms with E-state index in [9.17, 15) is 21.6 Å². The third-order valence-electron chi connectivity index (χ3n) is 5.66. The van der Waals surface area contributed by atoms with Crippen molar-refractivity contribution in [3.63, 3.8) is 0 Å². The first-order valence-electron chi connectivity index (χ1n) is 10.1. The summed E-state index contributed by atoms with van der Waals surface area (Å²) in [6.45, 7) is 11.0. The van der Waals surface area contributed by atoms with Crippen LogP contribution in [0, 0.1) is 41.5 Å². The van der Waals surface area contributed by atoms with Crippen LogP contribution in [0.3, 0.4) is 0 Å². The second kappa shape index (κ2) is 9.60. The molecule has 0 bridgehead atoms. The third-order valence-corrected chi connectivity index (χ3v) is 7.99. The lowest BCUT2D eigenvalue weighted by Crippen LogP contribution is -2.29. The molecule has 10 heteroatoms. The highest BCUT2D eigenvalue weighted by molar-refractivity contribution is 7.92. The van der Waals surface area contributed by atoms with Gasteiger partial charge in [0.1, 0.15) is 0 Å². The summed E-state index contributed by atoms with van der Waals surface area (Å²) in [6, 6.07) is 4.85. The van der Waals surface area contributed by atoms with Gasteiger partial charge in [0.2, 0.25) is 26.0 Å². The summed E-state index contributed by atoms with van der Waals surface area (Å²) in [6.07, 6.45) is 0.966. The van der Waals surface area contributed by atoms with Crippen LogP contribution < -0.4 is 14.8 Å². The van der Waals surface area contributed by atoms with E-state index in [1.165, 1.54) is 6.07 Å². The summed E-state index contributed by atoms with van der Waals surface area (Å²) >= 11 is 0. The molecular formula is C22H31N3O5S2. The smallest absolute Gasteiger partial charge is 0.241 e. The van der Waals surface area contributed by atoms with Crippen molar-refractivity contribution in [1.82, 2.24) is 4.72 Å². The molecule has 3 N–H and O–H groups in total. The zero-order valence-corrected chi connectivity index (χ0v) is 21.1. The molecule has 0 fully saturated rings. The SMILES string of the molecule is Cc1ccc(NC(=O)CCNS(=O)(=O)c2c(C)c(C)c(C)c(C)c2C)cc1NS(C)(=O)=O. The monoisotopic (exact) mass is 481 g/mol. The molecule has 2 aromatic carbocycles. The van der Waals surface area contributed by atoms with Crippen LogP contribution in [0.1, 0.15) is 39.8 Å². The largest absolute Gasteiger partial charge is 0.326 e. The van der Waals surface area contributed by atoms with Gasteiger partial charge < -0.3 is 5.32 Å². The maximum Gasteiger partial charge on any atom is 0.241 e. The fraction of sp³-hybridized carbons (Fsp3) is 0.409. The van der Waals surface area contributed by atoms with Gasteiger partial charge in [-0.3, -0.25) is 9.52 Å². The van der Waals surface area contributed by atoms with Crippen molar-refractivity contribution in [2.24, 2.45) is 0 Å². The molecule has 0 aliphatic carbocycles.